The SMILES string of the molecule is CCCCC(C)(C)COC(=O)C1=CCCCC1. The monoisotopic (exact) mass is 238 g/mol. The summed E-state index contributed by atoms with van der Waals surface area (Å²) in [5, 5.41) is 0. The van der Waals surface area contributed by atoms with Crippen LogP contribution in [0.1, 0.15) is 65.7 Å². The lowest BCUT2D eigenvalue weighted by molar-refractivity contribution is -0.142. The van der Waals surface area contributed by atoms with Gasteiger partial charge in [0, 0.05) is 5.57 Å². The third-order valence-corrected chi connectivity index (χ3v) is 3.35. The van der Waals surface area contributed by atoms with Crippen molar-refractivity contribution in [2.45, 2.75) is 65.7 Å². The number of carbonyl (C=O) groups is 1. The molecule has 0 aliphatic heterocycles. The molecular weight excluding hydrogens is 212 g/mol. The molecule has 0 bridgehead atoms. The second-order valence-corrected chi connectivity index (χ2v) is 5.82. The summed E-state index contributed by atoms with van der Waals surface area (Å²) in [6.45, 7) is 7.08. The number of esters is 1. The van der Waals surface area contributed by atoms with E-state index in [-0.39, 0.29) is 11.4 Å². The van der Waals surface area contributed by atoms with Crippen molar-refractivity contribution in [1.82, 2.24) is 0 Å². The van der Waals surface area contributed by atoms with Crippen LogP contribution in [0.3, 0.4) is 0 Å². The van der Waals surface area contributed by atoms with Gasteiger partial charge in [-0.15, -0.1) is 0 Å². The highest BCUT2D eigenvalue weighted by Gasteiger charge is 2.21. The van der Waals surface area contributed by atoms with E-state index >= 15 is 0 Å². The highest BCUT2D eigenvalue weighted by atomic mass is 16.5. The van der Waals surface area contributed by atoms with E-state index in [1.807, 2.05) is 6.08 Å². The lowest BCUT2D eigenvalue weighted by atomic mass is 9.88. The third kappa shape index (κ3) is 5.38. The van der Waals surface area contributed by atoms with Gasteiger partial charge in [-0.3, -0.25) is 0 Å². The Morgan fingerprint density at radius 3 is 2.76 bits per heavy atom. The van der Waals surface area contributed by atoms with Crippen LogP contribution in [0.4, 0.5) is 0 Å². The smallest absolute Gasteiger partial charge is 0.333 e. The third-order valence-electron chi connectivity index (χ3n) is 3.35. The molecule has 2 heteroatoms. The molecule has 1 aliphatic rings. The largest absolute Gasteiger partial charge is 0.462 e. The summed E-state index contributed by atoms with van der Waals surface area (Å²) in [5.41, 5.74) is 1.00. The van der Waals surface area contributed by atoms with Crippen molar-refractivity contribution in [2.75, 3.05) is 6.61 Å². The molecule has 2 nitrogen and oxygen atoms in total. The molecule has 0 unspecified atom stereocenters. The van der Waals surface area contributed by atoms with Crippen LogP contribution in [0.5, 0.6) is 0 Å². The van der Waals surface area contributed by atoms with Crippen molar-refractivity contribution in [1.29, 1.82) is 0 Å². The Morgan fingerprint density at radius 2 is 2.18 bits per heavy atom. The maximum atomic E-state index is 11.8. The van der Waals surface area contributed by atoms with Gasteiger partial charge in [-0.2, -0.15) is 0 Å². The van der Waals surface area contributed by atoms with Gasteiger partial charge < -0.3 is 4.74 Å². The molecule has 0 aromatic carbocycles. The molecule has 0 aromatic rings. The van der Waals surface area contributed by atoms with Crippen LogP contribution in [0.25, 0.3) is 0 Å². The van der Waals surface area contributed by atoms with E-state index in [2.05, 4.69) is 20.8 Å². The molecule has 17 heavy (non-hydrogen) atoms. The number of carbonyl (C=O) groups excluding carboxylic acids is 1. The van der Waals surface area contributed by atoms with Crippen LogP contribution < -0.4 is 0 Å². The predicted molar refractivity (Wildman–Crippen MR) is 70.8 cm³/mol. The van der Waals surface area contributed by atoms with Gasteiger partial charge in [0.15, 0.2) is 0 Å². The Bertz CT molecular complexity index is 277. The molecule has 98 valence electrons. The molecular formula is C15H26O2. The quantitative estimate of drug-likeness (QED) is 0.647. The minimum Gasteiger partial charge on any atom is -0.462 e. The summed E-state index contributed by atoms with van der Waals surface area (Å²) >= 11 is 0. The molecule has 0 spiro atoms. The Morgan fingerprint density at radius 1 is 1.41 bits per heavy atom. The van der Waals surface area contributed by atoms with Crippen molar-refractivity contribution in [3.63, 3.8) is 0 Å². The zero-order valence-electron chi connectivity index (χ0n) is 11.6. The van der Waals surface area contributed by atoms with Crippen LogP contribution in [0, 0.1) is 5.41 Å². The minimum absolute atomic E-state index is 0.0886. The number of unbranched alkanes of at least 4 members (excludes halogenated alkanes) is 1. The fourth-order valence-corrected chi connectivity index (χ4v) is 2.10. The summed E-state index contributed by atoms with van der Waals surface area (Å²) in [7, 11) is 0. The molecule has 0 atom stereocenters. The fourth-order valence-electron chi connectivity index (χ4n) is 2.10. The number of hydrogen-bond donors (Lipinski definition) is 0. The van der Waals surface area contributed by atoms with E-state index in [0.29, 0.717) is 6.61 Å². The first-order valence-corrected chi connectivity index (χ1v) is 6.91. The van der Waals surface area contributed by atoms with Crippen molar-refractivity contribution in [3.8, 4) is 0 Å². The zero-order chi connectivity index (χ0) is 12.7. The van der Waals surface area contributed by atoms with Crippen molar-refractivity contribution < 1.29 is 9.53 Å². The molecule has 0 heterocycles. The number of hydrogen-bond acceptors (Lipinski definition) is 2. The summed E-state index contributed by atoms with van der Waals surface area (Å²) in [4.78, 5) is 11.8. The molecule has 1 aliphatic carbocycles. The van der Waals surface area contributed by atoms with Crippen LogP contribution in [0.15, 0.2) is 11.6 Å². The molecule has 1 rings (SSSR count). The maximum absolute atomic E-state index is 11.8. The lowest BCUT2D eigenvalue weighted by Crippen LogP contribution is -2.23. The summed E-state index contributed by atoms with van der Waals surface area (Å²) in [5.74, 6) is -0.0886. The van der Waals surface area contributed by atoms with Gasteiger partial charge in [0.2, 0.25) is 0 Å². The number of ether oxygens (including phenoxy) is 1. The van der Waals surface area contributed by atoms with E-state index in [1.165, 1.54) is 19.3 Å². The minimum atomic E-state index is -0.0886. The van der Waals surface area contributed by atoms with Crippen molar-refractivity contribution >= 4 is 5.97 Å². The van der Waals surface area contributed by atoms with E-state index in [1.54, 1.807) is 0 Å². The Labute approximate surface area is 105 Å². The second kappa shape index (κ2) is 6.83. The highest BCUT2D eigenvalue weighted by molar-refractivity contribution is 5.88. The second-order valence-electron chi connectivity index (χ2n) is 5.82. The topological polar surface area (TPSA) is 26.3 Å². The predicted octanol–water partition coefficient (Wildman–Crippen LogP) is 4.25. The van der Waals surface area contributed by atoms with Gasteiger partial charge in [0.1, 0.15) is 0 Å². The van der Waals surface area contributed by atoms with Crippen LogP contribution in [0.2, 0.25) is 0 Å². The average molecular weight is 238 g/mol. The number of rotatable bonds is 6. The van der Waals surface area contributed by atoms with Gasteiger partial charge in [-0.05, 0) is 37.5 Å². The van der Waals surface area contributed by atoms with Crippen molar-refractivity contribution in [2.24, 2.45) is 5.41 Å². The fraction of sp³-hybridized carbons (Fsp3) is 0.800. The van der Waals surface area contributed by atoms with Crippen molar-refractivity contribution in [3.05, 3.63) is 11.6 Å². The van der Waals surface area contributed by atoms with Gasteiger partial charge >= 0.3 is 5.97 Å². The first-order valence-electron chi connectivity index (χ1n) is 6.91. The molecule has 0 amide bonds. The highest BCUT2D eigenvalue weighted by Crippen LogP contribution is 2.25. The summed E-state index contributed by atoms with van der Waals surface area (Å²) < 4.78 is 5.44. The molecule has 0 fully saturated rings. The van der Waals surface area contributed by atoms with Crippen LogP contribution in [-0.2, 0) is 9.53 Å². The molecule has 0 saturated carbocycles. The van der Waals surface area contributed by atoms with Gasteiger partial charge in [-0.1, -0.05) is 39.7 Å². The van der Waals surface area contributed by atoms with Crippen LogP contribution in [-0.4, -0.2) is 12.6 Å². The molecule has 0 N–H and O–H groups in total. The zero-order valence-corrected chi connectivity index (χ0v) is 11.6. The van der Waals surface area contributed by atoms with E-state index < -0.39 is 0 Å². The normalized spacial score (nSPS) is 16.5. The average Bonchev–Trinajstić information content (AvgIpc) is 2.35. The molecule has 0 saturated heterocycles. The molecule has 0 aromatic heterocycles. The standard InChI is InChI=1S/C15H26O2/c1-4-5-11-15(2,3)12-17-14(16)13-9-7-6-8-10-13/h9H,4-8,10-12H2,1-3H3. The summed E-state index contributed by atoms with van der Waals surface area (Å²) in [6, 6.07) is 0. The summed E-state index contributed by atoms with van der Waals surface area (Å²) in [6.07, 6.45) is 9.83. The van der Waals surface area contributed by atoms with Gasteiger partial charge in [0.25, 0.3) is 0 Å². The maximum Gasteiger partial charge on any atom is 0.333 e. The van der Waals surface area contributed by atoms with Gasteiger partial charge in [-0.25, -0.2) is 4.79 Å². The van der Waals surface area contributed by atoms with Crippen LogP contribution >= 0.6 is 0 Å². The van der Waals surface area contributed by atoms with E-state index in [4.69, 9.17) is 4.74 Å². The number of allylic oxidation sites excluding steroid dienone is 1. The first-order chi connectivity index (χ1) is 8.05. The van der Waals surface area contributed by atoms with E-state index in [9.17, 15) is 4.79 Å². The lowest BCUT2D eigenvalue weighted by Gasteiger charge is -2.24. The Hall–Kier alpha value is -0.790. The van der Waals surface area contributed by atoms with E-state index in [0.717, 1.165) is 31.3 Å². The Balaban J connectivity index is 2.34. The Kier molecular flexibility index (Phi) is 5.73. The molecule has 0 radical (unpaired) electrons. The first kappa shape index (κ1) is 14.3. The van der Waals surface area contributed by atoms with Gasteiger partial charge in [0.05, 0.1) is 6.61 Å².